The first-order valence-corrected chi connectivity index (χ1v) is 7.96. The molecule has 2 aromatic rings. The average Bonchev–Trinajstić information content (AvgIpc) is 3.14. The van der Waals surface area contributed by atoms with Gasteiger partial charge in [0, 0.05) is 39.5 Å². The minimum atomic E-state index is -0.480. The van der Waals surface area contributed by atoms with Gasteiger partial charge in [0.25, 0.3) is 0 Å². The van der Waals surface area contributed by atoms with Crippen LogP contribution in [0.3, 0.4) is 0 Å². The van der Waals surface area contributed by atoms with E-state index in [1.54, 1.807) is 16.7 Å². The summed E-state index contributed by atoms with van der Waals surface area (Å²) in [5, 5.41) is 11.2. The van der Waals surface area contributed by atoms with Crippen LogP contribution in [0.25, 0.3) is 0 Å². The van der Waals surface area contributed by atoms with E-state index in [-0.39, 0.29) is 11.8 Å². The van der Waals surface area contributed by atoms with Crippen molar-refractivity contribution in [3.63, 3.8) is 0 Å². The van der Waals surface area contributed by atoms with Crippen LogP contribution in [0.15, 0.2) is 36.7 Å². The molecule has 1 fully saturated rings. The summed E-state index contributed by atoms with van der Waals surface area (Å²) in [5.74, 6) is 0.0257. The van der Waals surface area contributed by atoms with Crippen LogP contribution in [0.4, 0.5) is 0 Å². The second-order valence-corrected chi connectivity index (χ2v) is 5.83. The van der Waals surface area contributed by atoms with Crippen molar-refractivity contribution in [2.24, 2.45) is 0 Å². The minimum Gasteiger partial charge on any atom is -0.339 e. The predicted molar refractivity (Wildman–Crippen MR) is 85.8 cm³/mol. The number of amides is 2. The zero-order chi connectivity index (χ0) is 16.9. The molecule has 1 aromatic carbocycles. The van der Waals surface area contributed by atoms with Gasteiger partial charge >= 0.3 is 0 Å². The van der Waals surface area contributed by atoms with Crippen molar-refractivity contribution in [2.75, 3.05) is 26.2 Å². The number of piperazine rings is 1. The highest BCUT2D eigenvalue weighted by molar-refractivity contribution is 5.81. The highest BCUT2D eigenvalue weighted by atomic mass is 16.2. The summed E-state index contributed by atoms with van der Waals surface area (Å²) in [4.78, 5) is 28.0. The van der Waals surface area contributed by atoms with Crippen LogP contribution in [0.1, 0.15) is 18.5 Å². The minimum absolute atomic E-state index is 0.0191. The predicted octanol–water partition coefficient (Wildman–Crippen LogP) is 0.148. The third-order valence-electron chi connectivity index (χ3n) is 4.28. The second kappa shape index (κ2) is 7.20. The highest BCUT2D eigenvalue weighted by Crippen LogP contribution is 2.17. The van der Waals surface area contributed by atoms with Gasteiger partial charge in [-0.2, -0.15) is 0 Å². The molecule has 0 N–H and O–H groups in total. The van der Waals surface area contributed by atoms with Crippen molar-refractivity contribution in [2.45, 2.75) is 19.4 Å². The summed E-state index contributed by atoms with van der Waals surface area (Å²) in [6.07, 6.45) is 2.00. The van der Waals surface area contributed by atoms with Gasteiger partial charge in [0.05, 0.1) is 0 Å². The quantitative estimate of drug-likeness (QED) is 0.797. The number of carbonyl (C=O) groups is 2. The molecule has 0 saturated carbocycles. The molecule has 3 rings (SSSR count). The SMILES string of the molecule is CC(=O)N1CCN(C(=O)C(Cc2ccccc2)n2cnnn2)CC1. The molecule has 0 radical (unpaired) electrons. The van der Waals surface area contributed by atoms with Crippen molar-refractivity contribution >= 4 is 11.8 Å². The fourth-order valence-electron chi connectivity index (χ4n) is 2.90. The summed E-state index contributed by atoms with van der Waals surface area (Å²) in [7, 11) is 0. The van der Waals surface area contributed by atoms with Gasteiger partial charge in [-0.1, -0.05) is 30.3 Å². The summed E-state index contributed by atoms with van der Waals surface area (Å²) >= 11 is 0. The molecule has 0 aliphatic carbocycles. The van der Waals surface area contributed by atoms with E-state index in [0.29, 0.717) is 32.6 Å². The van der Waals surface area contributed by atoms with E-state index in [2.05, 4.69) is 15.5 Å². The third kappa shape index (κ3) is 3.58. The smallest absolute Gasteiger partial charge is 0.248 e. The number of nitrogens with zero attached hydrogens (tertiary/aromatic N) is 6. The Morgan fingerprint density at radius 1 is 1.08 bits per heavy atom. The number of carbonyl (C=O) groups excluding carboxylic acids is 2. The first-order valence-electron chi connectivity index (χ1n) is 7.96. The Balaban J connectivity index is 1.74. The lowest BCUT2D eigenvalue weighted by Gasteiger charge is -2.35. The van der Waals surface area contributed by atoms with Gasteiger partial charge < -0.3 is 9.80 Å². The Kier molecular flexibility index (Phi) is 4.83. The lowest BCUT2D eigenvalue weighted by molar-refractivity contribution is -0.141. The molecule has 8 nitrogen and oxygen atoms in total. The third-order valence-corrected chi connectivity index (χ3v) is 4.28. The first-order chi connectivity index (χ1) is 11.6. The lowest BCUT2D eigenvalue weighted by Crippen LogP contribution is -2.52. The number of benzene rings is 1. The molecule has 1 aromatic heterocycles. The Labute approximate surface area is 140 Å². The number of aromatic nitrogens is 4. The molecule has 126 valence electrons. The molecular weight excluding hydrogens is 308 g/mol. The molecule has 1 aliphatic rings. The first kappa shape index (κ1) is 16.1. The summed E-state index contributed by atoms with van der Waals surface area (Å²) < 4.78 is 1.51. The van der Waals surface area contributed by atoms with Crippen molar-refractivity contribution in [3.05, 3.63) is 42.2 Å². The largest absolute Gasteiger partial charge is 0.339 e. The highest BCUT2D eigenvalue weighted by Gasteiger charge is 2.30. The molecule has 8 heteroatoms. The van der Waals surface area contributed by atoms with E-state index >= 15 is 0 Å². The number of rotatable bonds is 4. The second-order valence-electron chi connectivity index (χ2n) is 5.83. The molecule has 1 unspecified atom stereocenters. The molecule has 0 bridgehead atoms. The molecule has 24 heavy (non-hydrogen) atoms. The molecule has 2 amide bonds. The number of hydrogen-bond donors (Lipinski definition) is 0. The van der Waals surface area contributed by atoms with Crippen LogP contribution in [0, 0.1) is 0 Å². The maximum absolute atomic E-state index is 13.0. The Hall–Kier alpha value is -2.77. The van der Waals surface area contributed by atoms with Crippen molar-refractivity contribution in [1.82, 2.24) is 30.0 Å². The topological polar surface area (TPSA) is 84.2 Å². The maximum atomic E-state index is 13.0. The molecule has 0 spiro atoms. The van der Waals surface area contributed by atoms with E-state index in [1.807, 2.05) is 30.3 Å². The van der Waals surface area contributed by atoms with Crippen molar-refractivity contribution in [1.29, 1.82) is 0 Å². The van der Waals surface area contributed by atoms with Crippen LogP contribution in [-0.2, 0) is 16.0 Å². The van der Waals surface area contributed by atoms with Gasteiger partial charge in [0.1, 0.15) is 12.4 Å². The van der Waals surface area contributed by atoms with E-state index < -0.39 is 6.04 Å². The zero-order valence-electron chi connectivity index (χ0n) is 13.6. The Bertz CT molecular complexity index is 680. The van der Waals surface area contributed by atoms with Crippen LogP contribution in [0.2, 0.25) is 0 Å². The molecule has 1 atom stereocenters. The van der Waals surface area contributed by atoms with Gasteiger partial charge in [-0.3, -0.25) is 9.59 Å². The zero-order valence-corrected chi connectivity index (χ0v) is 13.6. The number of hydrogen-bond acceptors (Lipinski definition) is 5. The molecule has 1 aliphatic heterocycles. The van der Waals surface area contributed by atoms with E-state index in [4.69, 9.17) is 0 Å². The van der Waals surface area contributed by atoms with Gasteiger partial charge in [-0.05, 0) is 16.0 Å². The van der Waals surface area contributed by atoms with Crippen LogP contribution >= 0.6 is 0 Å². The average molecular weight is 328 g/mol. The standard InChI is InChI=1S/C16H20N6O2/c1-13(23)20-7-9-21(10-8-20)16(24)15(22-12-17-18-19-22)11-14-5-3-2-4-6-14/h2-6,12,15H,7-11H2,1H3. The van der Waals surface area contributed by atoms with E-state index in [9.17, 15) is 9.59 Å². The molecular formula is C16H20N6O2. The number of tetrazole rings is 1. The van der Waals surface area contributed by atoms with E-state index in [0.717, 1.165) is 5.56 Å². The maximum Gasteiger partial charge on any atom is 0.248 e. The summed E-state index contributed by atoms with van der Waals surface area (Å²) in [6, 6.07) is 9.32. The monoisotopic (exact) mass is 328 g/mol. The van der Waals surface area contributed by atoms with Gasteiger partial charge in [-0.15, -0.1) is 5.10 Å². The van der Waals surface area contributed by atoms with Crippen molar-refractivity contribution < 1.29 is 9.59 Å². The molecule has 2 heterocycles. The van der Waals surface area contributed by atoms with Gasteiger partial charge in [0.2, 0.25) is 11.8 Å². The Morgan fingerprint density at radius 2 is 1.75 bits per heavy atom. The van der Waals surface area contributed by atoms with Crippen LogP contribution in [-0.4, -0.2) is 68.0 Å². The van der Waals surface area contributed by atoms with Crippen LogP contribution in [0.5, 0.6) is 0 Å². The lowest BCUT2D eigenvalue weighted by atomic mass is 10.0. The van der Waals surface area contributed by atoms with Crippen LogP contribution < -0.4 is 0 Å². The summed E-state index contributed by atoms with van der Waals surface area (Å²) in [6.45, 7) is 3.75. The fraction of sp³-hybridized carbons (Fsp3) is 0.438. The van der Waals surface area contributed by atoms with Crippen molar-refractivity contribution in [3.8, 4) is 0 Å². The summed E-state index contributed by atoms with van der Waals surface area (Å²) in [5.41, 5.74) is 1.05. The molecule has 1 saturated heterocycles. The fourth-order valence-corrected chi connectivity index (χ4v) is 2.90. The Morgan fingerprint density at radius 3 is 2.33 bits per heavy atom. The van der Waals surface area contributed by atoms with Gasteiger partial charge in [-0.25, -0.2) is 4.68 Å². The normalized spacial score (nSPS) is 16.0. The van der Waals surface area contributed by atoms with E-state index in [1.165, 1.54) is 11.0 Å². The van der Waals surface area contributed by atoms with Gasteiger partial charge in [0.15, 0.2) is 0 Å².